The second kappa shape index (κ2) is 4.69. The third-order valence-corrected chi connectivity index (χ3v) is 4.28. The van der Waals surface area contributed by atoms with E-state index in [2.05, 4.69) is 36.5 Å². The number of hydrogen-bond acceptors (Lipinski definition) is 2. The molecule has 0 bridgehead atoms. The van der Waals surface area contributed by atoms with Crippen LogP contribution in [0.2, 0.25) is 0 Å². The predicted octanol–water partition coefficient (Wildman–Crippen LogP) is 3.29. The number of fused-ring (bicyclic) bond motifs is 1. The molecule has 1 aromatic rings. The maximum absolute atomic E-state index is 5.70. The van der Waals surface area contributed by atoms with E-state index in [9.17, 15) is 0 Å². The molecule has 1 heterocycles. The molecule has 2 aliphatic rings. The van der Waals surface area contributed by atoms with Gasteiger partial charge < -0.3 is 10.1 Å². The molecule has 3 rings (SSSR count). The maximum Gasteiger partial charge on any atom is 0.124 e. The second-order valence-electron chi connectivity index (χ2n) is 5.37. The van der Waals surface area contributed by atoms with E-state index in [0.717, 1.165) is 24.7 Å². The smallest absolute Gasteiger partial charge is 0.124 e. The van der Waals surface area contributed by atoms with Crippen molar-refractivity contribution in [1.82, 2.24) is 5.32 Å². The lowest BCUT2D eigenvalue weighted by Gasteiger charge is -2.36. The van der Waals surface area contributed by atoms with Gasteiger partial charge in [-0.1, -0.05) is 24.6 Å². The summed E-state index contributed by atoms with van der Waals surface area (Å²) < 4.78 is 5.70. The molecule has 0 saturated heterocycles. The Balaban J connectivity index is 1.71. The molecule has 2 heteroatoms. The van der Waals surface area contributed by atoms with Crippen LogP contribution in [0.4, 0.5) is 0 Å². The van der Waals surface area contributed by atoms with E-state index >= 15 is 0 Å². The van der Waals surface area contributed by atoms with E-state index in [1.165, 1.54) is 24.8 Å². The van der Waals surface area contributed by atoms with Gasteiger partial charge in [-0.3, -0.25) is 0 Å². The lowest BCUT2D eigenvalue weighted by molar-refractivity contribution is 0.197. The summed E-state index contributed by atoms with van der Waals surface area (Å²) in [4.78, 5) is 0. The molecule has 0 spiro atoms. The Hall–Kier alpha value is -1.02. The lowest BCUT2D eigenvalue weighted by Crippen LogP contribution is -2.40. The second-order valence-corrected chi connectivity index (χ2v) is 5.37. The molecule has 0 amide bonds. The van der Waals surface area contributed by atoms with Crippen molar-refractivity contribution >= 4 is 0 Å². The topological polar surface area (TPSA) is 21.3 Å². The van der Waals surface area contributed by atoms with Gasteiger partial charge in [0.2, 0.25) is 0 Å². The minimum absolute atomic E-state index is 0.482. The van der Waals surface area contributed by atoms with E-state index in [4.69, 9.17) is 4.74 Å². The Kier molecular flexibility index (Phi) is 3.06. The highest BCUT2D eigenvalue weighted by Crippen LogP contribution is 2.35. The summed E-state index contributed by atoms with van der Waals surface area (Å²) in [5.41, 5.74) is 1.34. The van der Waals surface area contributed by atoms with Gasteiger partial charge in [-0.05, 0) is 31.7 Å². The molecule has 92 valence electrons. The van der Waals surface area contributed by atoms with Gasteiger partial charge in [-0.25, -0.2) is 0 Å². The van der Waals surface area contributed by atoms with Crippen molar-refractivity contribution in [3.63, 3.8) is 0 Å². The molecule has 1 aliphatic heterocycles. The Labute approximate surface area is 103 Å². The van der Waals surface area contributed by atoms with Gasteiger partial charge >= 0.3 is 0 Å². The first kappa shape index (κ1) is 11.1. The Morgan fingerprint density at radius 3 is 2.82 bits per heavy atom. The van der Waals surface area contributed by atoms with Crippen LogP contribution in [0.3, 0.4) is 0 Å². The zero-order valence-electron chi connectivity index (χ0n) is 10.5. The number of para-hydroxylation sites is 1. The van der Waals surface area contributed by atoms with Gasteiger partial charge in [0.25, 0.3) is 0 Å². The van der Waals surface area contributed by atoms with Gasteiger partial charge in [0.05, 0.1) is 6.61 Å². The average molecular weight is 231 g/mol. The molecule has 1 aromatic carbocycles. The SMILES string of the molecule is C[C@H](N[C@H]1CCOc2ccccc21)C1CCC1. The highest BCUT2D eigenvalue weighted by Gasteiger charge is 2.28. The molecule has 2 atom stereocenters. The van der Waals surface area contributed by atoms with Crippen LogP contribution in [-0.4, -0.2) is 12.6 Å². The minimum atomic E-state index is 0.482. The van der Waals surface area contributed by atoms with E-state index in [1.807, 2.05) is 0 Å². The van der Waals surface area contributed by atoms with Crippen LogP contribution in [0.25, 0.3) is 0 Å². The third kappa shape index (κ3) is 2.19. The standard InChI is InChI=1S/C15H21NO/c1-11(12-5-4-6-12)16-14-9-10-17-15-8-3-2-7-13(14)15/h2-3,7-8,11-12,14,16H,4-6,9-10H2,1H3/t11-,14-/m0/s1. The first-order valence-corrected chi connectivity index (χ1v) is 6.82. The van der Waals surface area contributed by atoms with Crippen LogP contribution >= 0.6 is 0 Å². The van der Waals surface area contributed by atoms with Crippen LogP contribution in [0.1, 0.15) is 44.2 Å². The zero-order valence-corrected chi connectivity index (χ0v) is 10.5. The summed E-state index contributed by atoms with van der Waals surface area (Å²) in [6.07, 6.45) is 5.31. The summed E-state index contributed by atoms with van der Waals surface area (Å²) in [6.45, 7) is 3.17. The van der Waals surface area contributed by atoms with Crippen molar-refractivity contribution in [3.8, 4) is 5.75 Å². The van der Waals surface area contributed by atoms with Crippen molar-refractivity contribution < 1.29 is 4.74 Å². The fourth-order valence-electron chi connectivity index (χ4n) is 2.91. The van der Waals surface area contributed by atoms with Crippen LogP contribution < -0.4 is 10.1 Å². The Bertz CT molecular complexity index is 386. The maximum atomic E-state index is 5.70. The highest BCUT2D eigenvalue weighted by molar-refractivity contribution is 5.37. The highest BCUT2D eigenvalue weighted by atomic mass is 16.5. The Morgan fingerprint density at radius 1 is 1.24 bits per heavy atom. The molecule has 2 nitrogen and oxygen atoms in total. The van der Waals surface area contributed by atoms with Crippen molar-refractivity contribution in [2.75, 3.05) is 6.61 Å². The zero-order chi connectivity index (χ0) is 11.7. The van der Waals surface area contributed by atoms with Crippen LogP contribution in [-0.2, 0) is 0 Å². The third-order valence-electron chi connectivity index (χ3n) is 4.28. The summed E-state index contributed by atoms with van der Waals surface area (Å²) >= 11 is 0. The summed E-state index contributed by atoms with van der Waals surface area (Å²) in [7, 11) is 0. The van der Waals surface area contributed by atoms with E-state index in [-0.39, 0.29) is 0 Å². The fraction of sp³-hybridized carbons (Fsp3) is 0.600. The number of hydrogen-bond donors (Lipinski definition) is 1. The first-order chi connectivity index (χ1) is 8.34. The van der Waals surface area contributed by atoms with Gasteiger partial charge in [0.15, 0.2) is 0 Å². The van der Waals surface area contributed by atoms with Crippen molar-refractivity contribution in [2.45, 2.75) is 44.7 Å². The molecule has 17 heavy (non-hydrogen) atoms. The minimum Gasteiger partial charge on any atom is -0.493 e. The van der Waals surface area contributed by atoms with E-state index in [1.54, 1.807) is 0 Å². The lowest BCUT2D eigenvalue weighted by atomic mass is 9.80. The van der Waals surface area contributed by atoms with Crippen molar-refractivity contribution in [2.24, 2.45) is 5.92 Å². The molecular formula is C15H21NO. The summed E-state index contributed by atoms with van der Waals surface area (Å²) in [6, 6.07) is 9.55. The largest absolute Gasteiger partial charge is 0.493 e. The molecule has 1 saturated carbocycles. The molecule has 1 N–H and O–H groups in total. The monoisotopic (exact) mass is 231 g/mol. The van der Waals surface area contributed by atoms with Gasteiger partial charge in [0, 0.05) is 24.1 Å². The van der Waals surface area contributed by atoms with Crippen molar-refractivity contribution in [1.29, 1.82) is 0 Å². The normalized spacial score (nSPS) is 25.6. The quantitative estimate of drug-likeness (QED) is 0.862. The predicted molar refractivity (Wildman–Crippen MR) is 69.2 cm³/mol. The van der Waals surface area contributed by atoms with E-state index in [0.29, 0.717) is 12.1 Å². The molecule has 0 unspecified atom stereocenters. The molecule has 1 fully saturated rings. The van der Waals surface area contributed by atoms with Gasteiger partial charge in [-0.15, -0.1) is 0 Å². The summed E-state index contributed by atoms with van der Waals surface area (Å²) in [5, 5.41) is 3.80. The van der Waals surface area contributed by atoms with E-state index < -0.39 is 0 Å². The number of rotatable bonds is 3. The fourth-order valence-corrected chi connectivity index (χ4v) is 2.91. The molecule has 0 aromatic heterocycles. The Morgan fingerprint density at radius 2 is 2.06 bits per heavy atom. The average Bonchev–Trinajstić information content (AvgIpc) is 2.27. The number of nitrogens with one attached hydrogen (secondary N) is 1. The van der Waals surface area contributed by atoms with Crippen molar-refractivity contribution in [3.05, 3.63) is 29.8 Å². The van der Waals surface area contributed by atoms with Crippen LogP contribution in [0, 0.1) is 5.92 Å². The first-order valence-electron chi connectivity index (χ1n) is 6.82. The molecular weight excluding hydrogens is 210 g/mol. The molecule has 1 aliphatic carbocycles. The number of benzene rings is 1. The molecule has 0 radical (unpaired) electrons. The van der Waals surface area contributed by atoms with Crippen LogP contribution in [0.5, 0.6) is 5.75 Å². The van der Waals surface area contributed by atoms with Gasteiger partial charge in [-0.2, -0.15) is 0 Å². The van der Waals surface area contributed by atoms with Gasteiger partial charge in [0.1, 0.15) is 5.75 Å². The number of ether oxygens (including phenoxy) is 1. The summed E-state index contributed by atoms with van der Waals surface area (Å²) in [5.74, 6) is 1.96. The van der Waals surface area contributed by atoms with Crippen LogP contribution in [0.15, 0.2) is 24.3 Å².